The molecule has 1 aliphatic rings. The first-order valence-corrected chi connectivity index (χ1v) is 7.13. The largest absolute Gasteiger partial charge is 0.308 e. The molecule has 0 radical (unpaired) electrons. The van der Waals surface area contributed by atoms with Gasteiger partial charge in [0.2, 0.25) is 0 Å². The number of nitrogens with one attached hydrogen (secondary N) is 1. The van der Waals surface area contributed by atoms with Gasteiger partial charge in [-0.1, -0.05) is 26.8 Å². The quantitative estimate of drug-likeness (QED) is 0.649. The van der Waals surface area contributed by atoms with Crippen molar-refractivity contribution in [2.45, 2.75) is 40.2 Å². The molecule has 0 aromatic carbocycles. The highest BCUT2D eigenvalue weighted by atomic mass is 15.3. The highest BCUT2D eigenvalue weighted by Gasteiger charge is 2.28. The molecule has 2 heterocycles. The van der Waals surface area contributed by atoms with Crippen molar-refractivity contribution in [1.29, 1.82) is 0 Å². The molecule has 0 aliphatic carbocycles. The van der Waals surface area contributed by atoms with E-state index in [-0.39, 0.29) is 0 Å². The summed E-state index contributed by atoms with van der Waals surface area (Å²) in [7, 11) is 0. The second-order valence-corrected chi connectivity index (χ2v) is 6.57. The molecule has 4 nitrogen and oxygen atoms in total. The van der Waals surface area contributed by atoms with Crippen LogP contribution in [0.5, 0.6) is 0 Å². The van der Waals surface area contributed by atoms with E-state index in [0.29, 0.717) is 5.41 Å². The van der Waals surface area contributed by atoms with Crippen LogP contribution in [0.1, 0.15) is 39.2 Å². The Morgan fingerprint density at radius 1 is 1.37 bits per heavy atom. The summed E-state index contributed by atoms with van der Waals surface area (Å²) < 4.78 is 0. The van der Waals surface area contributed by atoms with Crippen LogP contribution < -0.4 is 11.3 Å². The number of pyridine rings is 1. The maximum Gasteiger partial charge on any atom is 0.144 e. The van der Waals surface area contributed by atoms with Crippen LogP contribution in [0.2, 0.25) is 0 Å². The van der Waals surface area contributed by atoms with E-state index in [2.05, 4.69) is 42.1 Å². The number of anilines is 1. The fourth-order valence-electron chi connectivity index (χ4n) is 2.89. The zero-order valence-electron chi connectivity index (χ0n) is 12.3. The molecule has 4 heteroatoms. The lowest BCUT2D eigenvalue weighted by atomic mass is 9.75. The Bertz CT molecular complexity index is 403. The van der Waals surface area contributed by atoms with Gasteiger partial charge in [0.25, 0.3) is 0 Å². The zero-order chi connectivity index (χ0) is 13.9. The van der Waals surface area contributed by atoms with Gasteiger partial charge in [-0.05, 0) is 43.3 Å². The third kappa shape index (κ3) is 3.67. The van der Waals surface area contributed by atoms with Crippen molar-refractivity contribution in [3.63, 3.8) is 0 Å². The normalized spacial score (nSPS) is 18.5. The molecule has 0 unspecified atom stereocenters. The van der Waals surface area contributed by atoms with Crippen LogP contribution in [0.4, 0.5) is 5.82 Å². The van der Waals surface area contributed by atoms with Crippen LogP contribution >= 0.6 is 0 Å². The van der Waals surface area contributed by atoms with Gasteiger partial charge in [0, 0.05) is 18.3 Å². The Morgan fingerprint density at radius 2 is 2.05 bits per heavy atom. The molecule has 1 fully saturated rings. The first-order valence-electron chi connectivity index (χ1n) is 7.13. The van der Waals surface area contributed by atoms with Crippen LogP contribution in [-0.2, 0) is 6.54 Å². The number of aromatic nitrogens is 1. The van der Waals surface area contributed by atoms with E-state index in [0.717, 1.165) is 18.3 Å². The second-order valence-electron chi connectivity index (χ2n) is 6.57. The Hall–Kier alpha value is -1.13. The Kier molecular flexibility index (Phi) is 4.42. The van der Waals surface area contributed by atoms with Gasteiger partial charge in [-0.2, -0.15) is 0 Å². The van der Waals surface area contributed by atoms with E-state index in [1.807, 2.05) is 6.07 Å². The fraction of sp³-hybridized carbons (Fsp3) is 0.667. The molecule has 3 N–H and O–H groups in total. The summed E-state index contributed by atoms with van der Waals surface area (Å²) >= 11 is 0. The number of likely N-dealkylation sites (tertiary alicyclic amines) is 1. The lowest BCUT2D eigenvalue weighted by molar-refractivity contribution is 0.108. The van der Waals surface area contributed by atoms with Crippen molar-refractivity contribution >= 4 is 5.82 Å². The van der Waals surface area contributed by atoms with Crippen molar-refractivity contribution in [3.05, 3.63) is 23.9 Å². The predicted molar refractivity (Wildman–Crippen MR) is 79.5 cm³/mol. The number of piperidine rings is 1. The van der Waals surface area contributed by atoms with Gasteiger partial charge in [-0.15, -0.1) is 0 Å². The molecule has 0 spiro atoms. The minimum absolute atomic E-state index is 0.435. The molecule has 0 bridgehead atoms. The first kappa shape index (κ1) is 14.3. The van der Waals surface area contributed by atoms with E-state index in [1.165, 1.54) is 31.5 Å². The average molecular weight is 262 g/mol. The molecule has 19 heavy (non-hydrogen) atoms. The van der Waals surface area contributed by atoms with E-state index in [4.69, 9.17) is 5.84 Å². The Balaban J connectivity index is 1.92. The predicted octanol–water partition coefficient (Wildman–Crippen LogP) is 2.63. The van der Waals surface area contributed by atoms with Gasteiger partial charge in [0.15, 0.2) is 0 Å². The van der Waals surface area contributed by atoms with Crippen LogP contribution in [0.15, 0.2) is 18.3 Å². The monoisotopic (exact) mass is 262 g/mol. The SMILES string of the molecule is CC(C)(C)C1CCN(Cc2cccnc2NN)CC1. The van der Waals surface area contributed by atoms with Crippen LogP contribution in [0.3, 0.4) is 0 Å². The van der Waals surface area contributed by atoms with Gasteiger partial charge < -0.3 is 5.43 Å². The van der Waals surface area contributed by atoms with E-state index in [1.54, 1.807) is 6.20 Å². The van der Waals surface area contributed by atoms with E-state index >= 15 is 0 Å². The average Bonchev–Trinajstić information content (AvgIpc) is 2.39. The maximum atomic E-state index is 5.50. The number of hydrazine groups is 1. The second kappa shape index (κ2) is 5.88. The summed E-state index contributed by atoms with van der Waals surface area (Å²) in [6.45, 7) is 10.3. The minimum atomic E-state index is 0.435. The van der Waals surface area contributed by atoms with Crippen molar-refractivity contribution in [2.75, 3.05) is 18.5 Å². The molecule has 1 aromatic rings. The number of nitrogens with two attached hydrogens (primary N) is 1. The number of nitrogen functional groups attached to an aromatic ring is 1. The fourth-order valence-corrected chi connectivity index (χ4v) is 2.89. The van der Waals surface area contributed by atoms with Gasteiger partial charge in [-0.3, -0.25) is 4.90 Å². The molecule has 2 rings (SSSR count). The van der Waals surface area contributed by atoms with Gasteiger partial charge >= 0.3 is 0 Å². The smallest absolute Gasteiger partial charge is 0.144 e. The van der Waals surface area contributed by atoms with E-state index in [9.17, 15) is 0 Å². The third-order valence-corrected chi connectivity index (χ3v) is 4.23. The standard InChI is InChI=1S/C15H26N4/c1-15(2,3)13-6-9-19(10-7-13)11-12-5-4-8-17-14(12)18-16/h4-5,8,13H,6-7,9-11,16H2,1-3H3,(H,17,18). The zero-order valence-corrected chi connectivity index (χ0v) is 12.3. The first-order chi connectivity index (χ1) is 9.00. The molecular formula is C15H26N4. The summed E-state index contributed by atoms with van der Waals surface area (Å²) in [5, 5.41) is 0. The molecular weight excluding hydrogens is 236 g/mol. The lowest BCUT2D eigenvalue weighted by Crippen LogP contribution is -2.37. The van der Waals surface area contributed by atoms with Crippen molar-refractivity contribution in [3.8, 4) is 0 Å². The number of hydrogen-bond acceptors (Lipinski definition) is 4. The summed E-state index contributed by atoms with van der Waals surface area (Å²) in [4.78, 5) is 6.75. The van der Waals surface area contributed by atoms with Crippen LogP contribution in [0.25, 0.3) is 0 Å². The topological polar surface area (TPSA) is 54.2 Å². The summed E-state index contributed by atoms with van der Waals surface area (Å²) in [6.07, 6.45) is 4.34. The summed E-state index contributed by atoms with van der Waals surface area (Å²) in [5.74, 6) is 7.13. The maximum absolute atomic E-state index is 5.50. The van der Waals surface area contributed by atoms with E-state index < -0.39 is 0 Å². The molecule has 106 valence electrons. The Labute approximate surface area is 116 Å². The number of nitrogens with zero attached hydrogens (tertiary/aromatic N) is 2. The van der Waals surface area contributed by atoms with Gasteiger partial charge in [0.05, 0.1) is 0 Å². The molecule has 1 aromatic heterocycles. The third-order valence-electron chi connectivity index (χ3n) is 4.23. The van der Waals surface area contributed by atoms with Crippen molar-refractivity contribution in [2.24, 2.45) is 17.2 Å². The summed E-state index contributed by atoms with van der Waals surface area (Å²) in [6, 6.07) is 4.07. The number of hydrogen-bond donors (Lipinski definition) is 2. The van der Waals surface area contributed by atoms with Gasteiger partial charge in [0.1, 0.15) is 5.82 Å². The molecule has 0 amide bonds. The Morgan fingerprint density at radius 3 is 2.63 bits per heavy atom. The lowest BCUT2D eigenvalue weighted by Gasteiger charge is -2.38. The minimum Gasteiger partial charge on any atom is -0.308 e. The van der Waals surface area contributed by atoms with Crippen molar-refractivity contribution in [1.82, 2.24) is 9.88 Å². The van der Waals surface area contributed by atoms with Crippen molar-refractivity contribution < 1.29 is 0 Å². The molecule has 0 atom stereocenters. The highest BCUT2D eigenvalue weighted by molar-refractivity contribution is 5.42. The molecule has 1 aliphatic heterocycles. The number of rotatable bonds is 3. The molecule has 0 saturated carbocycles. The summed E-state index contributed by atoms with van der Waals surface area (Å²) in [5.41, 5.74) is 4.30. The van der Waals surface area contributed by atoms with Crippen LogP contribution in [-0.4, -0.2) is 23.0 Å². The van der Waals surface area contributed by atoms with Gasteiger partial charge in [-0.25, -0.2) is 10.8 Å². The highest BCUT2D eigenvalue weighted by Crippen LogP contribution is 2.34. The van der Waals surface area contributed by atoms with Crippen LogP contribution in [0, 0.1) is 11.3 Å². The molecule has 1 saturated heterocycles.